The summed E-state index contributed by atoms with van der Waals surface area (Å²) in [7, 11) is 0. The van der Waals surface area contributed by atoms with Gasteiger partial charge in [0.15, 0.2) is 0 Å². The first-order chi connectivity index (χ1) is 11.0. The second kappa shape index (κ2) is 9.25. The number of carbonyl (C=O) groups excluding carboxylic acids is 1. The van der Waals surface area contributed by atoms with Crippen LogP contribution in [-0.2, 0) is 11.3 Å². The van der Waals surface area contributed by atoms with Crippen molar-refractivity contribution < 1.29 is 4.79 Å². The smallest absolute Gasteiger partial charge is 0.274 e. The number of nitrogens with two attached hydrogens (primary N) is 1. The maximum absolute atomic E-state index is 12.5. The molecule has 24 heavy (non-hydrogen) atoms. The summed E-state index contributed by atoms with van der Waals surface area (Å²) in [4.78, 5) is 24.5. The maximum Gasteiger partial charge on any atom is 0.274 e. The van der Waals surface area contributed by atoms with Crippen LogP contribution in [0.25, 0.3) is 0 Å². The van der Waals surface area contributed by atoms with Crippen LogP contribution in [0.4, 0.5) is 5.69 Å². The number of nitrogens with zero attached hydrogens (tertiary/aromatic N) is 1. The lowest BCUT2D eigenvalue weighted by molar-refractivity contribution is -0.117. The summed E-state index contributed by atoms with van der Waals surface area (Å²) in [5, 5.41) is 2.64. The molecule has 1 amide bonds. The predicted molar refractivity (Wildman–Crippen MR) is 99.6 cm³/mol. The van der Waals surface area contributed by atoms with Gasteiger partial charge in [0, 0.05) is 6.20 Å². The number of rotatable bonds is 6. The average Bonchev–Trinajstić information content (AvgIpc) is 2.51. The Morgan fingerprint density at radius 1 is 1.17 bits per heavy atom. The van der Waals surface area contributed by atoms with Crippen molar-refractivity contribution in [3.8, 4) is 0 Å². The Labute approximate surface area is 148 Å². The minimum absolute atomic E-state index is 0. The number of halogens is 1. The molecule has 1 aromatic carbocycles. The van der Waals surface area contributed by atoms with Gasteiger partial charge in [0.05, 0.1) is 12.6 Å². The van der Waals surface area contributed by atoms with Crippen molar-refractivity contribution in [1.29, 1.82) is 0 Å². The molecule has 0 aliphatic carbocycles. The molecule has 0 aliphatic heterocycles. The van der Waals surface area contributed by atoms with E-state index in [9.17, 15) is 9.59 Å². The maximum atomic E-state index is 12.5. The topological polar surface area (TPSA) is 77.1 Å². The molecule has 130 valence electrons. The van der Waals surface area contributed by atoms with Gasteiger partial charge in [0.1, 0.15) is 5.69 Å². The van der Waals surface area contributed by atoms with Gasteiger partial charge in [-0.1, -0.05) is 44.2 Å². The van der Waals surface area contributed by atoms with Crippen LogP contribution in [-0.4, -0.2) is 16.5 Å². The van der Waals surface area contributed by atoms with Crippen LogP contribution < -0.4 is 16.6 Å². The van der Waals surface area contributed by atoms with E-state index >= 15 is 0 Å². The summed E-state index contributed by atoms with van der Waals surface area (Å²) in [6.45, 7) is 4.46. The van der Waals surface area contributed by atoms with E-state index in [1.165, 1.54) is 0 Å². The van der Waals surface area contributed by atoms with Gasteiger partial charge in [-0.15, -0.1) is 12.4 Å². The Morgan fingerprint density at radius 3 is 2.46 bits per heavy atom. The quantitative estimate of drug-likeness (QED) is 0.841. The van der Waals surface area contributed by atoms with E-state index < -0.39 is 6.04 Å². The minimum atomic E-state index is -0.614. The lowest BCUT2D eigenvalue weighted by atomic mass is 10.0. The zero-order chi connectivity index (χ0) is 16.8. The van der Waals surface area contributed by atoms with E-state index in [1.807, 2.05) is 44.2 Å². The number of nitrogens with one attached hydrogen (secondary N) is 1. The number of aromatic nitrogens is 1. The third-order valence-electron chi connectivity index (χ3n) is 3.54. The molecule has 0 aliphatic rings. The number of carbonyl (C=O) groups is 1. The Hall–Kier alpha value is -2.11. The Bertz CT molecular complexity index is 714. The van der Waals surface area contributed by atoms with Crippen LogP contribution in [0.2, 0.25) is 0 Å². The minimum Gasteiger partial charge on any atom is -0.320 e. The van der Waals surface area contributed by atoms with Crippen molar-refractivity contribution in [3.63, 3.8) is 0 Å². The number of benzene rings is 1. The molecule has 0 bridgehead atoms. The lowest BCUT2D eigenvalue weighted by Gasteiger charge is -2.14. The van der Waals surface area contributed by atoms with E-state index in [-0.39, 0.29) is 29.6 Å². The monoisotopic (exact) mass is 349 g/mol. The largest absolute Gasteiger partial charge is 0.320 e. The molecular formula is C18H24ClN3O2. The number of hydrogen-bond acceptors (Lipinski definition) is 3. The van der Waals surface area contributed by atoms with Gasteiger partial charge in [-0.25, -0.2) is 0 Å². The van der Waals surface area contributed by atoms with Crippen molar-refractivity contribution in [2.24, 2.45) is 11.7 Å². The predicted octanol–water partition coefficient (Wildman–Crippen LogP) is 2.63. The van der Waals surface area contributed by atoms with Gasteiger partial charge >= 0.3 is 0 Å². The van der Waals surface area contributed by atoms with Crippen LogP contribution in [0.15, 0.2) is 53.5 Å². The molecule has 5 nitrogen and oxygen atoms in total. The lowest BCUT2D eigenvalue weighted by Crippen LogP contribution is -2.38. The third-order valence-corrected chi connectivity index (χ3v) is 3.54. The highest BCUT2D eigenvalue weighted by atomic mass is 35.5. The first kappa shape index (κ1) is 19.9. The summed E-state index contributed by atoms with van der Waals surface area (Å²) in [6.07, 6.45) is 2.29. The highest BCUT2D eigenvalue weighted by Crippen LogP contribution is 2.07. The van der Waals surface area contributed by atoms with Gasteiger partial charge in [-0.05, 0) is 30.0 Å². The second-order valence-corrected chi connectivity index (χ2v) is 6.07. The number of amides is 1. The van der Waals surface area contributed by atoms with Gasteiger partial charge in [0.25, 0.3) is 5.56 Å². The first-order valence-electron chi connectivity index (χ1n) is 7.77. The highest BCUT2D eigenvalue weighted by molar-refractivity contribution is 5.94. The van der Waals surface area contributed by atoms with Crippen molar-refractivity contribution in [3.05, 3.63) is 64.6 Å². The first-order valence-corrected chi connectivity index (χ1v) is 7.77. The molecule has 0 fully saturated rings. The zero-order valence-corrected chi connectivity index (χ0v) is 14.8. The third kappa shape index (κ3) is 5.51. The van der Waals surface area contributed by atoms with Gasteiger partial charge < -0.3 is 15.6 Å². The van der Waals surface area contributed by atoms with E-state index in [1.54, 1.807) is 22.9 Å². The summed E-state index contributed by atoms with van der Waals surface area (Å²) >= 11 is 0. The van der Waals surface area contributed by atoms with E-state index in [2.05, 4.69) is 5.32 Å². The normalized spacial score (nSPS) is 11.7. The molecule has 0 radical (unpaired) electrons. The van der Waals surface area contributed by atoms with E-state index in [4.69, 9.17) is 5.73 Å². The Balaban J connectivity index is 0.00000288. The Morgan fingerprint density at radius 2 is 1.83 bits per heavy atom. The molecule has 1 aromatic heterocycles. The number of anilines is 1. The average molecular weight is 350 g/mol. The van der Waals surface area contributed by atoms with Gasteiger partial charge in [-0.3, -0.25) is 9.59 Å². The molecule has 0 saturated heterocycles. The molecule has 1 atom stereocenters. The molecule has 3 N–H and O–H groups in total. The standard InChI is InChI=1S/C18H23N3O2.ClH/c1-13(2)11-15(19)17(22)20-16-9-6-10-21(18(16)23)12-14-7-4-3-5-8-14;/h3-10,13,15H,11-12,19H2,1-2H3,(H,20,22);1H/t15-;/m0./s1. The summed E-state index contributed by atoms with van der Waals surface area (Å²) in [5.74, 6) is -0.00507. The van der Waals surface area contributed by atoms with Crippen molar-refractivity contribution >= 4 is 24.0 Å². The molecule has 0 spiro atoms. The number of hydrogen-bond donors (Lipinski definition) is 2. The van der Waals surface area contributed by atoms with Gasteiger partial charge in [-0.2, -0.15) is 0 Å². The SMILES string of the molecule is CC(C)C[C@H](N)C(=O)Nc1cccn(Cc2ccccc2)c1=O.Cl. The molecular weight excluding hydrogens is 326 g/mol. The number of pyridine rings is 1. The second-order valence-electron chi connectivity index (χ2n) is 6.07. The van der Waals surface area contributed by atoms with Crippen LogP contribution in [0.1, 0.15) is 25.8 Å². The van der Waals surface area contributed by atoms with Crippen molar-refractivity contribution in [2.75, 3.05) is 5.32 Å². The van der Waals surface area contributed by atoms with Crippen LogP contribution in [0, 0.1) is 5.92 Å². The summed E-state index contributed by atoms with van der Waals surface area (Å²) < 4.78 is 1.57. The fourth-order valence-electron chi connectivity index (χ4n) is 2.38. The highest BCUT2D eigenvalue weighted by Gasteiger charge is 2.16. The fraction of sp³-hybridized carbons (Fsp3) is 0.333. The van der Waals surface area contributed by atoms with Crippen molar-refractivity contribution in [2.45, 2.75) is 32.9 Å². The van der Waals surface area contributed by atoms with E-state index in [0.717, 1.165) is 5.56 Å². The van der Waals surface area contributed by atoms with Crippen LogP contribution >= 0.6 is 12.4 Å². The summed E-state index contributed by atoms with van der Waals surface area (Å²) in [5.41, 5.74) is 6.90. The van der Waals surface area contributed by atoms with E-state index in [0.29, 0.717) is 18.9 Å². The molecule has 2 aromatic rings. The van der Waals surface area contributed by atoms with Gasteiger partial charge in [0.2, 0.25) is 5.91 Å². The molecule has 6 heteroatoms. The van der Waals surface area contributed by atoms with Crippen LogP contribution in [0.3, 0.4) is 0 Å². The fourth-order valence-corrected chi connectivity index (χ4v) is 2.38. The molecule has 0 saturated carbocycles. The van der Waals surface area contributed by atoms with Crippen LogP contribution in [0.5, 0.6) is 0 Å². The zero-order valence-electron chi connectivity index (χ0n) is 13.9. The molecule has 0 unspecified atom stereocenters. The summed E-state index contributed by atoms with van der Waals surface area (Å²) in [6, 6.07) is 12.4. The van der Waals surface area contributed by atoms with Crippen molar-refractivity contribution in [1.82, 2.24) is 4.57 Å². The molecule has 2 rings (SSSR count). The Kier molecular flexibility index (Phi) is 7.68. The molecule has 1 heterocycles.